The third-order valence-electron chi connectivity index (χ3n) is 7.01. The summed E-state index contributed by atoms with van der Waals surface area (Å²) in [6.45, 7) is 3.64. The number of benzene rings is 1. The van der Waals surface area contributed by atoms with Gasteiger partial charge in [0.15, 0.2) is 12.4 Å². The fourth-order valence-electron chi connectivity index (χ4n) is 5.61. The van der Waals surface area contributed by atoms with Crippen LogP contribution in [0.25, 0.3) is 0 Å². The molecular formula is C21H28N2O7. The van der Waals surface area contributed by atoms with Gasteiger partial charge in [-0.25, -0.2) is 4.79 Å². The van der Waals surface area contributed by atoms with Crippen LogP contribution in [0.15, 0.2) is 18.2 Å². The summed E-state index contributed by atoms with van der Waals surface area (Å²) in [7, 11) is 0. The van der Waals surface area contributed by atoms with E-state index in [-0.39, 0.29) is 12.0 Å². The van der Waals surface area contributed by atoms with Gasteiger partial charge in [0.2, 0.25) is 0 Å². The normalized spacial score (nSPS) is 40.4. The first-order chi connectivity index (χ1) is 14.5. The highest BCUT2D eigenvalue weighted by atomic mass is 16.7. The molecule has 4 aliphatic rings. The summed E-state index contributed by atoms with van der Waals surface area (Å²) < 4.78 is 11.5. The highest BCUT2D eigenvalue weighted by Crippen LogP contribution is 2.50. The number of aliphatic hydroxyl groups excluding tert-OH is 3. The summed E-state index contributed by atoms with van der Waals surface area (Å²) in [5.74, 6) is -0.903. The largest absolute Gasteiger partial charge is 0.479 e. The summed E-state index contributed by atoms with van der Waals surface area (Å²) >= 11 is 0. The molecule has 0 aromatic heterocycles. The molecule has 9 heteroatoms. The van der Waals surface area contributed by atoms with Crippen LogP contribution in [-0.4, -0.2) is 82.8 Å². The predicted octanol–water partition coefficient (Wildman–Crippen LogP) is -0.619. The molecule has 0 bridgehead atoms. The van der Waals surface area contributed by atoms with Gasteiger partial charge in [-0.15, -0.1) is 0 Å². The number of anilines is 1. The van der Waals surface area contributed by atoms with E-state index in [9.17, 15) is 25.2 Å². The monoisotopic (exact) mass is 420 g/mol. The second-order valence-corrected chi connectivity index (χ2v) is 8.75. The highest BCUT2D eigenvalue weighted by molar-refractivity contribution is 5.73. The quantitative estimate of drug-likeness (QED) is 0.434. The van der Waals surface area contributed by atoms with Crippen molar-refractivity contribution in [1.29, 1.82) is 0 Å². The molecule has 0 radical (unpaired) electrons. The first-order valence-electron chi connectivity index (χ1n) is 10.6. The number of nitrogens with zero attached hydrogens (tertiary/aromatic N) is 1. The third-order valence-corrected chi connectivity index (χ3v) is 7.01. The molecule has 1 aromatic rings. The van der Waals surface area contributed by atoms with Crippen molar-refractivity contribution < 1.29 is 34.7 Å². The van der Waals surface area contributed by atoms with Crippen molar-refractivity contribution in [3.05, 3.63) is 29.3 Å². The standard InChI is InChI=1S/C21H28N2O7/c24-16-17(25)19(20(27)28)30-21(18(16)26)29-13-5-4-11-9-23-7-6-22-8-10-2-1-3-12(14(11)13)15(10)23/h1-3,11,13-14,16-19,21-22,24-26H,4-9H2,(H,27,28). The molecule has 5 rings (SSSR count). The van der Waals surface area contributed by atoms with Gasteiger partial charge in [-0.2, -0.15) is 0 Å². The zero-order valence-electron chi connectivity index (χ0n) is 16.6. The molecule has 2 fully saturated rings. The van der Waals surface area contributed by atoms with Gasteiger partial charge in [0.05, 0.1) is 6.10 Å². The number of carbonyl (C=O) groups is 1. The molecule has 1 aromatic carbocycles. The topological polar surface area (TPSA) is 132 Å². The summed E-state index contributed by atoms with van der Waals surface area (Å²) in [4.78, 5) is 13.8. The summed E-state index contributed by atoms with van der Waals surface area (Å²) in [6, 6.07) is 6.33. The van der Waals surface area contributed by atoms with Crippen LogP contribution in [0.4, 0.5) is 5.69 Å². The van der Waals surface area contributed by atoms with E-state index in [1.165, 1.54) is 16.8 Å². The lowest BCUT2D eigenvalue weighted by atomic mass is 9.81. The Hall–Kier alpha value is -1.75. The SMILES string of the molecule is O=C(O)C1OC(OC2CCC3CN4CCNCc5cccc(c54)C32)C(O)C(O)C1O. The van der Waals surface area contributed by atoms with Crippen molar-refractivity contribution in [2.45, 2.75) is 62.1 Å². The Morgan fingerprint density at radius 3 is 2.80 bits per heavy atom. The first-order valence-corrected chi connectivity index (χ1v) is 10.6. The molecule has 3 heterocycles. The molecule has 30 heavy (non-hydrogen) atoms. The van der Waals surface area contributed by atoms with Gasteiger partial charge in [-0.3, -0.25) is 0 Å². The number of nitrogens with one attached hydrogen (secondary N) is 1. The number of carboxylic acid groups (broad SMARTS) is 1. The molecule has 1 aliphatic carbocycles. The van der Waals surface area contributed by atoms with Crippen molar-refractivity contribution in [3.8, 4) is 0 Å². The molecule has 9 nitrogen and oxygen atoms in total. The van der Waals surface area contributed by atoms with E-state index in [0.29, 0.717) is 5.92 Å². The number of fused-ring (bicyclic) bond motifs is 2. The first kappa shape index (κ1) is 20.2. The zero-order chi connectivity index (χ0) is 21.0. The molecule has 0 amide bonds. The number of ether oxygens (including phenoxy) is 2. The number of para-hydroxylation sites is 1. The minimum Gasteiger partial charge on any atom is -0.479 e. The van der Waals surface area contributed by atoms with Crippen LogP contribution in [0.5, 0.6) is 0 Å². The van der Waals surface area contributed by atoms with Crippen molar-refractivity contribution in [2.75, 3.05) is 24.5 Å². The highest BCUT2D eigenvalue weighted by Gasteiger charge is 2.51. The van der Waals surface area contributed by atoms with Gasteiger partial charge >= 0.3 is 5.97 Å². The van der Waals surface area contributed by atoms with Crippen molar-refractivity contribution in [2.24, 2.45) is 5.92 Å². The Morgan fingerprint density at radius 1 is 1.17 bits per heavy atom. The average molecular weight is 420 g/mol. The maximum Gasteiger partial charge on any atom is 0.335 e. The fourth-order valence-corrected chi connectivity index (χ4v) is 5.61. The van der Waals surface area contributed by atoms with E-state index >= 15 is 0 Å². The van der Waals surface area contributed by atoms with E-state index in [1.54, 1.807) is 0 Å². The Morgan fingerprint density at radius 2 is 2.00 bits per heavy atom. The molecule has 1 saturated heterocycles. The molecule has 1 saturated carbocycles. The lowest BCUT2D eigenvalue weighted by Crippen LogP contribution is -2.61. The molecule has 164 valence electrons. The molecule has 5 N–H and O–H groups in total. The number of aliphatic carboxylic acids is 1. The van der Waals surface area contributed by atoms with Crippen LogP contribution in [-0.2, 0) is 20.8 Å². The van der Waals surface area contributed by atoms with Gasteiger partial charge in [0, 0.05) is 37.8 Å². The van der Waals surface area contributed by atoms with E-state index in [4.69, 9.17) is 9.47 Å². The summed E-state index contributed by atoms with van der Waals surface area (Å²) in [6.07, 6.45) is -6.39. The van der Waals surface area contributed by atoms with Crippen LogP contribution in [0, 0.1) is 5.92 Å². The smallest absolute Gasteiger partial charge is 0.335 e. The van der Waals surface area contributed by atoms with Gasteiger partial charge in [0.25, 0.3) is 0 Å². The van der Waals surface area contributed by atoms with Crippen LogP contribution < -0.4 is 10.2 Å². The minimum absolute atomic E-state index is 0.109. The second kappa shape index (κ2) is 7.74. The maximum atomic E-state index is 11.4. The predicted molar refractivity (Wildman–Crippen MR) is 105 cm³/mol. The minimum atomic E-state index is -1.71. The van der Waals surface area contributed by atoms with Crippen molar-refractivity contribution in [3.63, 3.8) is 0 Å². The Kier molecular flexibility index (Phi) is 5.20. The molecular weight excluding hydrogens is 392 g/mol. The molecule has 8 unspecified atom stereocenters. The van der Waals surface area contributed by atoms with E-state index in [2.05, 4.69) is 28.4 Å². The molecule has 8 atom stereocenters. The Bertz CT molecular complexity index is 821. The van der Waals surface area contributed by atoms with Crippen molar-refractivity contribution in [1.82, 2.24) is 5.32 Å². The fraction of sp³-hybridized carbons (Fsp3) is 0.667. The van der Waals surface area contributed by atoms with Crippen LogP contribution in [0.1, 0.15) is 29.9 Å². The summed E-state index contributed by atoms with van der Waals surface area (Å²) in [5.41, 5.74) is 3.73. The second-order valence-electron chi connectivity index (χ2n) is 8.75. The van der Waals surface area contributed by atoms with Gasteiger partial charge in [-0.1, -0.05) is 18.2 Å². The lowest BCUT2D eigenvalue weighted by molar-refractivity contribution is -0.305. The average Bonchev–Trinajstić information content (AvgIpc) is 3.01. The number of rotatable bonds is 3. The van der Waals surface area contributed by atoms with E-state index in [1.807, 2.05) is 0 Å². The van der Waals surface area contributed by atoms with Gasteiger partial charge in [0.1, 0.15) is 18.3 Å². The van der Waals surface area contributed by atoms with Crippen molar-refractivity contribution >= 4 is 11.7 Å². The number of hydrogen-bond donors (Lipinski definition) is 5. The van der Waals surface area contributed by atoms with E-state index in [0.717, 1.165) is 39.0 Å². The lowest BCUT2D eigenvalue weighted by Gasteiger charge is -2.43. The van der Waals surface area contributed by atoms with Crippen LogP contribution >= 0.6 is 0 Å². The molecule has 0 spiro atoms. The van der Waals surface area contributed by atoms with Gasteiger partial charge < -0.3 is 40.1 Å². The Balaban J connectivity index is 1.42. The van der Waals surface area contributed by atoms with E-state index < -0.39 is 36.7 Å². The summed E-state index contributed by atoms with van der Waals surface area (Å²) in [5, 5.41) is 43.1. The number of hydrogen-bond acceptors (Lipinski definition) is 8. The third kappa shape index (κ3) is 3.21. The Labute approximate surface area is 174 Å². The number of carboxylic acids is 1. The molecule has 3 aliphatic heterocycles. The number of aliphatic hydroxyl groups is 3. The maximum absolute atomic E-state index is 11.4. The zero-order valence-corrected chi connectivity index (χ0v) is 16.6. The van der Waals surface area contributed by atoms with Gasteiger partial charge in [-0.05, 0) is 29.9 Å². The van der Waals surface area contributed by atoms with Crippen LogP contribution in [0.3, 0.4) is 0 Å². The van der Waals surface area contributed by atoms with Crippen LogP contribution in [0.2, 0.25) is 0 Å².